The molecule has 4 heterocycles. The van der Waals surface area contributed by atoms with Gasteiger partial charge in [-0.25, -0.2) is 27.9 Å². The minimum absolute atomic E-state index is 0.0222. The number of imidazole rings is 1. The van der Waals surface area contributed by atoms with Crippen LogP contribution in [0, 0.1) is 4.64 Å². The van der Waals surface area contributed by atoms with Crippen LogP contribution in [0.4, 0.5) is 13.2 Å². The lowest BCUT2D eigenvalue weighted by Gasteiger charge is -2.05. The lowest BCUT2D eigenvalue weighted by molar-refractivity contribution is -0.137. The first-order valence-corrected chi connectivity index (χ1v) is 10.3. The second kappa shape index (κ2) is 6.35. The summed E-state index contributed by atoms with van der Waals surface area (Å²) in [6.45, 7) is 1.48. The molecule has 0 saturated heterocycles. The molecular formula is C16H13F3N6O2S2. The van der Waals surface area contributed by atoms with Gasteiger partial charge in [-0.1, -0.05) is 19.1 Å². The molecule has 0 unspecified atom stereocenters. The highest BCUT2D eigenvalue weighted by Gasteiger charge is 2.33. The molecule has 0 aliphatic rings. The molecule has 1 N–H and O–H groups in total. The summed E-state index contributed by atoms with van der Waals surface area (Å²) < 4.78 is 67.5. The van der Waals surface area contributed by atoms with Crippen molar-refractivity contribution in [2.24, 2.45) is 7.05 Å². The molecule has 0 aliphatic heterocycles. The number of rotatable bonds is 3. The van der Waals surface area contributed by atoms with E-state index in [0.717, 1.165) is 6.07 Å². The van der Waals surface area contributed by atoms with Crippen molar-refractivity contribution >= 4 is 38.9 Å². The Morgan fingerprint density at radius 2 is 1.97 bits per heavy atom. The summed E-state index contributed by atoms with van der Waals surface area (Å²) in [7, 11) is -2.22. The van der Waals surface area contributed by atoms with E-state index in [1.807, 2.05) is 0 Å². The minimum atomic E-state index is -4.58. The standard InChI is InChI=1S/C16H13F3N6O2S2/c1-3-29(26,27)15-11(13-20-5-4-10(28)25(13)23-15)14-22-9-6-8(16(17,18)19)7-21-12(9)24(14)2/h4-7,23H,3H2,1-2H3. The molecule has 0 radical (unpaired) electrons. The van der Waals surface area contributed by atoms with E-state index in [9.17, 15) is 21.6 Å². The molecule has 13 heteroatoms. The normalized spacial score (nSPS) is 12.9. The minimum Gasteiger partial charge on any atom is -0.312 e. The summed E-state index contributed by atoms with van der Waals surface area (Å²) in [4.78, 5) is 12.3. The molecule has 0 atom stereocenters. The van der Waals surface area contributed by atoms with E-state index in [1.54, 1.807) is 0 Å². The summed E-state index contributed by atoms with van der Waals surface area (Å²) in [6, 6.07) is 2.38. The van der Waals surface area contributed by atoms with Gasteiger partial charge in [0.1, 0.15) is 16.0 Å². The second-order valence-electron chi connectivity index (χ2n) is 6.22. The van der Waals surface area contributed by atoms with Gasteiger partial charge in [-0.15, -0.1) is 0 Å². The van der Waals surface area contributed by atoms with Crippen molar-refractivity contribution in [2.75, 3.05) is 5.75 Å². The Morgan fingerprint density at radius 3 is 2.62 bits per heavy atom. The maximum absolute atomic E-state index is 13.0. The van der Waals surface area contributed by atoms with Crippen molar-refractivity contribution in [2.45, 2.75) is 18.1 Å². The van der Waals surface area contributed by atoms with E-state index in [0.29, 0.717) is 6.20 Å². The summed E-state index contributed by atoms with van der Waals surface area (Å²) >= 11 is 5.22. The number of aromatic amines is 1. The fourth-order valence-corrected chi connectivity index (χ4v) is 4.18. The number of alkyl halides is 3. The Bertz CT molecular complexity index is 1430. The van der Waals surface area contributed by atoms with Crippen molar-refractivity contribution in [1.29, 1.82) is 0 Å². The number of hydrogen-bond donors (Lipinski definition) is 1. The molecule has 0 fully saturated rings. The van der Waals surface area contributed by atoms with Gasteiger partial charge in [0, 0.05) is 19.4 Å². The van der Waals surface area contributed by atoms with E-state index in [2.05, 4.69) is 20.1 Å². The van der Waals surface area contributed by atoms with Crippen LogP contribution in [-0.4, -0.2) is 43.3 Å². The molecule has 4 aromatic rings. The number of nitrogens with one attached hydrogen (secondary N) is 1. The first-order chi connectivity index (χ1) is 13.5. The molecule has 0 aliphatic carbocycles. The van der Waals surface area contributed by atoms with Crippen molar-refractivity contribution in [3.63, 3.8) is 0 Å². The Kier molecular flexibility index (Phi) is 4.27. The Hall–Kier alpha value is -2.80. The quantitative estimate of drug-likeness (QED) is 0.490. The predicted molar refractivity (Wildman–Crippen MR) is 101 cm³/mol. The van der Waals surface area contributed by atoms with Crippen molar-refractivity contribution in [3.05, 3.63) is 34.7 Å². The van der Waals surface area contributed by atoms with E-state index >= 15 is 0 Å². The fourth-order valence-electron chi connectivity index (χ4n) is 2.98. The summed E-state index contributed by atoms with van der Waals surface area (Å²) in [5, 5.41) is 2.57. The van der Waals surface area contributed by atoms with Gasteiger partial charge in [0.15, 0.2) is 26.2 Å². The number of sulfone groups is 1. The van der Waals surface area contributed by atoms with E-state index in [4.69, 9.17) is 12.2 Å². The van der Waals surface area contributed by atoms with Gasteiger partial charge in [0.25, 0.3) is 0 Å². The third kappa shape index (κ3) is 3.00. The number of aromatic nitrogens is 6. The average molecular weight is 442 g/mol. The summed E-state index contributed by atoms with van der Waals surface area (Å²) in [5.74, 6) is -0.105. The Morgan fingerprint density at radius 1 is 1.24 bits per heavy atom. The third-order valence-corrected chi connectivity index (χ3v) is 6.46. The molecule has 29 heavy (non-hydrogen) atoms. The first kappa shape index (κ1) is 19.5. The van der Waals surface area contributed by atoms with Crippen molar-refractivity contribution in [1.82, 2.24) is 29.1 Å². The zero-order valence-electron chi connectivity index (χ0n) is 15.0. The van der Waals surface area contributed by atoms with Gasteiger partial charge < -0.3 is 4.57 Å². The number of hydrogen-bond acceptors (Lipinski definition) is 6. The largest absolute Gasteiger partial charge is 0.417 e. The number of pyridine rings is 1. The maximum atomic E-state index is 13.0. The Balaban J connectivity index is 2.11. The van der Waals surface area contributed by atoms with Crippen LogP contribution >= 0.6 is 12.2 Å². The van der Waals surface area contributed by atoms with E-state index in [1.165, 1.54) is 35.3 Å². The molecule has 0 saturated carbocycles. The number of nitrogens with zero attached hydrogens (tertiary/aromatic N) is 5. The first-order valence-electron chi connectivity index (χ1n) is 8.27. The maximum Gasteiger partial charge on any atom is 0.417 e. The van der Waals surface area contributed by atoms with Crippen LogP contribution in [0.2, 0.25) is 0 Å². The number of H-pyrrole nitrogens is 1. The summed E-state index contributed by atoms with van der Waals surface area (Å²) in [6.07, 6.45) is -2.45. The van der Waals surface area contributed by atoms with Gasteiger partial charge in [-0.3, -0.25) is 5.10 Å². The van der Waals surface area contributed by atoms with Crippen LogP contribution in [0.1, 0.15) is 12.5 Å². The summed E-state index contributed by atoms with van der Waals surface area (Å²) in [5.41, 5.74) is -0.491. The molecule has 8 nitrogen and oxygen atoms in total. The van der Waals surface area contributed by atoms with E-state index < -0.39 is 21.6 Å². The molecule has 4 aromatic heterocycles. The second-order valence-corrected chi connectivity index (χ2v) is 8.85. The highest BCUT2D eigenvalue weighted by atomic mass is 32.2. The smallest absolute Gasteiger partial charge is 0.312 e. The fraction of sp³-hybridized carbons (Fsp3) is 0.250. The predicted octanol–water partition coefficient (Wildman–Crippen LogP) is 3.15. The molecule has 0 amide bonds. The van der Waals surface area contributed by atoms with Crippen LogP contribution in [0.25, 0.3) is 28.2 Å². The van der Waals surface area contributed by atoms with Crippen LogP contribution in [0.5, 0.6) is 0 Å². The Labute approximate surface area is 166 Å². The molecule has 0 bridgehead atoms. The van der Waals surface area contributed by atoms with Gasteiger partial charge in [0.2, 0.25) is 0 Å². The van der Waals surface area contributed by atoms with Gasteiger partial charge >= 0.3 is 6.18 Å². The van der Waals surface area contributed by atoms with Crippen LogP contribution < -0.4 is 0 Å². The molecule has 4 rings (SSSR count). The van der Waals surface area contributed by atoms with Crippen LogP contribution in [0.15, 0.2) is 29.6 Å². The van der Waals surface area contributed by atoms with Crippen molar-refractivity contribution < 1.29 is 21.6 Å². The average Bonchev–Trinajstić information content (AvgIpc) is 3.20. The third-order valence-electron chi connectivity index (χ3n) is 4.46. The number of fused-ring (bicyclic) bond motifs is 2. The molecule has 0 spiro atoms. The molecule has 152 valence electrons. The van der Waals surface area contributed by atoms with Crippen LogP contribution in [0.3, 0.4) is 0 Å². The van der Waals surface area contributed by atoms with E-state index in [-0.39, 0.29) is 43.6 Å². The number of aryl methyl sites for hydroxylation is 1. The number of halogens is 3. The highest BCUT2D eigenvalue weighted by molar-refractivity contribution is 7.91. The molecule has 0 aromatic carbocycles. The highest BCUT2D eigenvalue weighted by Crippen LogP contribution is 2.34. The van der Waals surface area contributed by atoms with Crippen LogP contribution in [-0.2, 0) is 23.1 Å². The van der Waals surface area contributed by atoms with Gasteiger partial charge in [0.05, 0.1) is 16.9 Å². The zero-order chi connectivity index (χ0) is 21.1. The van der Waals surface area contributed by atoms with Crippen molar-refractivity contribution in [3.8, 4) is 11.4 Å². The topological polar surface area (TPSA) is 97.9 Å². The lowest BCUT2D eigenvalue weighted by atomic mass is 10.2. The molecular weight excluding hydrogens is 429 g/mol. The zero-order valence-corrected chi connectivity index (χ0v) is 16.7. The van der Waals surface area contributed by atoms with Gasteiger partial charge in [-0.2, -0.15) is 13.2 Å². The van der Waals surface area contributed by atoms with Gasteiger partial charge in [-0.05, 0) is 12.1 Å². The lowest BCUT2D eigenvalue weighted by Crippen LogP contribution is -2.07. The monoisotopic (exact) mass is 442 g/mol. The SMILES string of the molecule is CCS(=O)(=O)c1[nH]n2c(=S)ccnc2c1-c1nc2cc(C(F)(F)F)cnc2n1C.